The zero-order valence-electron chi connectivity index (χ0n) is 13.3. The van der Waals surface area contributed by atoms with Crippen LogP contribution in [0.2, 0.25) is 0 Å². The Balaban J connectivity index is 2.04. The molecule has 0 aliphatic heterocycles. The van der Waals surface area contributed by atoms with Crippen molar-refractivity contribution < 1.29 is 23.5 Å². The van der Waals surface area contributed by atoms with Crippen LogP contribution in [0.3, 0.4) is 0 Å². The zero-order valence-corrected chi connectivity index (χ0v) is 13.3. The van der Waals surface area contributed by atoms with Crippen molar-refractivity contribution in [3.8, 4) is 5.75 Å². The summed E-state index contributed by atoms with van der Waals surface area (Å²) in [5, 5.41) is 2.51. The van der Waals surface area contributed by atoms with Crippen molar-refractivity contribution in [1.29, 1.82) is 0 Å². The van der Waals surface area contributed by atoms with E-state index in [1.54, 1.807) is 31.2 Å². The normalized spacial score (nSPS) is 9.96. The van der Waals surface area contributed by atoms with Gasteiger partial charge >= 0.3 is 12.2 Å². The summed E-state index contributed by atoms with van der Waals surface area (Å²) in [7, 11) is 1.47. The first-order chi connectivity index (χ1) is 11.5. The molecule has 0 atom stereocenters. The highest BCUT2D eigenvalue weighted by molar-refractivity contribution is 5.89. The zero-order chi connectivity index (χ0) is 17.5. The first kappa shape index (κ1) is 17.3. The maximum atomic E-state index is 13.2. The predicted octanol–water partition coefficient (Wildman–Crippen LogP) is 4.03. The van der Waals surface area contributed by atoms with Crippen LogP contribution in [-0.4, -0.2) is 25.8 Å². The van der Waals surface area contributed by atoms with Crippen LogP contribution < -0.4 is 15.0 Å². The number of anilines is 2. The van der Waals surface area contributed by atoms with E-state index < -0.39 is 18.0 Å². The first-order valence-electron chi connectivity index (χ1n) is 7.24. The molecule has 0 heterocycles. The van der Waals surface area contributed by atoms with Gasteiger partial charge in [0.25, 0.3) is 0 Å². The lowest BCUT2D eigenvalue weighted by Gasteiger charge is -2.17. The van der Waals surface area contributed by atoms with E-state index in [0.717, 1.165) is 0 Å². The number of carbonyl (C=O) groups excluding carboxylic acids is 2. The maximum absolute atomic E-state index is 13.2. The summed E-state index contributed by atoms with van der Waals surface area (Å²) in [6.45, 7) is 1.94. The smallest absolute Gasteiger partial charge is 0.419 e. The van der Waals surface area contributed by atoms with Crippen LogP contribution >= 0.6 is 0 Å². The third-order valence-corrected chi connectivity index (χ3v) is 3.03. The van der Waals surface area contributed by atoms with Crippen LogP contribution in [0.25, 0.3) is 0 Å². The van der Waals surface area contributed by atoms with Crippen molar-refractivity contribution in [1.82, 2.24) is 0 Å². The van der Waals surface area contributed by atoms with E-state index in [0.29, 0.717) is 11.4 Å². The van der Waals surface area contributed by atoms with Crippen molar-refractivity contribution in [3.63, 3.8) is 0 Å². The molecule has 0 radical (unpaired) electrons. The number of nitrogens with one attached hydrogen (secondary N) is 1. The van der Waals surface area contributed by atoms with E-state index in [9.17, 15) is 14.0 Å². The van der Waals surface area contributed by atoms with Gasteiger partial charge < -0.3 is 9.47 Å². The lowest BCUT2D eigenvalue weighted by atomic mass is 10.3. The lowest BCUT2D eigenvalue weighted by Crippen LogP contribution is -2.29. The van der Waals surface area contributed by atoms with Crippen molar-refractivity contribution >= 4 is 23.6 Å². The van der Waals surface area contributed by atoms with E-state index in [1.165, 1.54) is 36.2 Å². The molecule has 0 saturated heterocycles. The minimum Gasteiger partial charge on any atom is -0.450 e. The molecular weight excluding hydrogens is 315 g/mol. The van der Waals surface area contributed by atoms with Gasteiger partial charge in [-0.25, -0.2) is 14.0 Å². The molecule has 0 spiro atoms. The van der Waals surface area contributed by atoms with Crippen LogP contribution in [0.5, 0.6) is 5.75 Å². The van der Waals surface area contributed by atoms with Gasteiger partial charge in [0.2, 0.25) is 0 Å². The molecule has 0 aromatic heterocycles. The van der Waals surface area contributed by atoms with Gasteiger partial charge in [0.15, 0.2) is 0 Å². The molecule has 7 heteroatoms. The van der Waals surface area contributed by atoms with Gasteiger partial charge in [0.05, 0.1) is 6.61 Å². The molecule has 2 amide bonds. The fraction of sp³-hybridized carbons (Fsp3) is 0.176. The molecule has 0 aliphatic carbocycles. The van der Waals surface area contributed by atoms with E-state index in [4.69, 9.17) is 9.47 Å². The minimum absolute atomic E-state index is 0.234. The van der Waals surface area contributed by atoms with Crippen LogP contribution in [0, 0.1) is 5.82 Å². The van der Waals surface area contributed by atoms with Gasteiger partial charge in [0.1, 0.15) is 11.6 Å². The Labute approximate surface area is 138 Å². The predicted molar refractivity (Wildman–Crippen MR) is 87.9 cm³/mol. The molecule has 2 aromatic carbocycles. The number of amides is 2. The quantitative estimate of drug-likeness (QED) is 0.918. The molecule has 126 valence electrons. The number of halogens is 1. The van der Waals surface area contributed by atoms with Gasteiger partial charge in [0, 0.05) is 24.5 Å². The highest BCUT2D eigenvalue weighted by Crippen LogP contribution is 2.20. The Morgan fingerprint density at radius 2 is 1.92 bits per heavy atom. The molecule has 6 nitrogen and oxygen atoms in total. The Hall–Kier alpha value is -3.09. The van der Waals surface area contributed by atoms with Crippen molar-refractivity contribution in [2.24, 2.45) is 0 Å². The highest BCUT2D eigenvalue weighted by Gasteiger charge is 2.14. The van der Waals surface area contributed by atoms with Gasteiger partial charge in [-0.2, -0.15) is 0 Å². The maximum Gasteiger partial charge on any atom is 0.419 e. The molecular formula is C17H17FN2O4. The largest absolute Gasteiger partial charge is 0.450 e. The highest BCUT2D eigenvalue weighted by atomic mass is 19.1. The summed E-state index contributed by atoms with van der Waals surface area (Å²) in [4.78, 5) is 24.7. The third-order valence-electron chi connectivity index (χ3n) is 3.03. The van der Waals surface area contributed by atoms with E-state index in [-0.39, 0.29) is 12.4 Å². The number of rotatable bonds is 4. The van der Waals surface area contributed by atoms with Crippen molar-refractivity contribution in [2.75, 3.05) is 23.9 Å². The number of nitrogens with zero attached hydrogens (tertiary/aromatic N) is 1. The number of hydrogen-bond donors (Lipinski definition) is 1. The van der Waals surface area contributed by atoms with Crippen molar-refractivity contribution in [3.05, 3.63) is 54.3 Å². The Bertz CT molecular complexity index is 736. The van der Waals surface area contributed by atoms with Crippen molar-refractivity contribution in [2.45, 2.75) is 6.92 Å². The monoisotopic (exact) mass is 332 g/mol. The van der Waals surface area contributed by atoms with Gasteiger partial charge in [-0.05, 0) is 37.3 Å². The third kappa shape index (κ3) is 4.70. The topological polar surface area (TPSA) is 67.9 Å². The molecule has 2 aromatic rings. The summed E-state index contributed by atoms with van der Waals surface area (Å²) in [6.07, 6.45) is -1.29. The number of ether oxygens (including phenoxy) is 2. The summed E-state index contributed by atoms with van der Waals surface area (Å²) in [6, 6.07) is 11.9. The average molecular weight is 332 g/mol. The van der Waals surface area contributed by atoms with Crippen LogP contribution in [-0.2, 0) is 4.74 Å². The summed E-state index contributed by atoms with van der Waals surface area (Å²) in [5.41, 5.74) is 0.785. The van der Waals surface area contributed by atoms with E-state index in [2.05, 4.69) is 5.32 Å². The molecule has 0 aliphatic rings. The molecule has 0 bridgehead atoms. The minimum atomic E-state index is -0.686. The summed E-state index contributed by atoms with van der Waals surface area (Å²) in [5.74, 6) is -0.217. The second kappa shape index (κ2) is 7.96. The fourth-order valence-electron chi connectivity index (χ4n) is 1.88. The van der Waals surface area contributed by atoms with E-state index in [1.807, 2.05) is 0 Å². The molecule has 0 fully saturated rings. The Kier molecular flexibility index (Phi) is 5.73. The average Bonchev–Trinajstić information content (AvgIpc) is 2.54. The first-order valence-corrected chi connectivity index (χ1v) is 7.24. The van der Waals surface area contributed by atoms with Crippen LogP contribution in [0.15, 0.2) is 48.5 Å². The molecule has 0 saturated carbocycles. The fourth-order valence-corrected chi connectivity index (χ4v) is 1.88. The SMILES string of the molecule is CCOC(=O)Nc1cccc(OC(=O)N(C)c2cccc(F)c2)c1. The molecule has 2 rings (SSSR count). The summed E-state index contributed by atoms with van der Waals surface area (Å²) < 4.78 is 23.2. The molecule has 0 unspecified atom stereocenters. The molecule has 1 N–H and O–H groups in total. The molecule has 24 heavy (non-hydrogen) atoms. The number of carbonyl (C=O) groups is 2. The second-order valence-corrected chi connectivity index (χ2v) is 4.78. The van der Waals surface area contributed by atoms with Gasteiger partial charge in [-0.15, -0.1) is 0 Å². The number of benzene rings is 2. The number of hydrogen-bond acceptors (Lipinski definition) is 4. The Morgan fingerprint density at radius 3 is 2.62 bits per heavy atom. The Morgan fingerprint density at radius 1 is 1.17 bits per heavy atom. The lowest BCUT2D eigenvalue weighted by molar-refractivity contribution is 0.168. The van der Waals surface area contributed by atoms with Gasteiger partial charge in [-0.1, -0.05) is 12.1 Å². The van der Waals surface area contributed by atoms with Crippen LogP contribution in [0.4, 0.5) is 25.4 Å². The van der Waals surface area contributed by atoms with Crippen LogP contribution in [0.1, 0.15) is 6.92 Å². The standard InChI is InChI=1S/C17H17FN2O4/c1-3-23-16(21)19-13-7-5-9-15(11-13)24-17(22)20(2)14-8-4-6-12(18)10-14/h4-11H,3H2,1-2H3,(H,19,21). The van der Waals surface area contributed by atoms with Gasteiger partial charge in [-0.3, -0.25) is 10.2 Å². The summed E-state index contributed by atoms with van der Waals surface area (Å²) >= 11 is 0. The second-order valence-electron chi connectivity index (χ2n) is 4.78. The van der Waals surface area contributed by atoms with E-state index >= 15 is 0 Å².